The van der Waals surface area contributed by atoms with Gasteiger partial charge in [-0.15, -0.1) is 0 Å². The van der Waals surface area contributed by atoms with Crippen molar-refractivity contribution in [2.24, 2.45) is 5.92 Å². The van der Waals surface area contributed by atoms with Crippen molar-refractivity contribution in [1.29, 1.82) is 0 Å². The Bertz CT molecular complexity index is 864. The second-order valence-corrected chi connectivity index (χ2v) is 7.47. The summed E-state index contributed by atoms with van der Waals surface area (Å²) in [7, 11) is 1.64. The molecule has 0 aliphatic carbocycles. The fourth-order valence-corrected chi connectivity index (χ4v) is 4.29. The number of benzene rings is 2. The molecular formula is C23H26N2O4. The van der Waals surface area contributed by atoms with Crippen molar-refractivity contribution in [3.05, 3.63) is 65.7 Å². The van der Waals surface area contributed by atoms with Gasteiger partial charge in [0.1, 0.15) is 5.75 Å². The predicted molar refractivity (Wildman–Crippen MR) is 109 cm³/mol. The van der Waals surface area contributed by atoms with Gasteiger partial charge in [-0.3, -0.25) is 9.59 Å². The van der Waals surface area contributed by atoms with E-state index in [2.05, 4.69) is 0 Å². The van der Waals surface area contributed by atoms with E-state index in [4.69, 9.17) is 9.47 Å². The maximum Gasteiger partial charge on any atom is 0.253 e. The third kappa shape index (κ3) is 3.98. The molecule has 29 heavy (non-hydrogen) atoms. The lowest BCUT2D eigenvalue weighted by Gasteiger charge is -2.31. The van der Waals surface area contributed by atoms with Crippen molar-refractivity contribution in [3.8, 4) is 5.75 Å². The fraction of sp³-hybridized carbons (Fsp3) is 0.391. The summed E-state index contributed by atoms with van der Waals surface area (Å²) in [4.78, 5) is 30.1. The SMILES string of the molecule is COc1ccccc1[C@H]1CN(C(=O)c2ccccc2)C[C@H]1C(=O)N1CCOCC1. The standard InChI is InChI=1S/C23H26N2O4/c1-28-21-10-6-5-9-18(21)19-15-25(22(26)17-7-3-2-4-8-17)16-20(19)23(27)24-11-13-29-14-12-24/h2-10,19-20H,11-16H2,1H3/t19-,20-/m1/s1. The molecule has 0 unspecified atom stereocenters. The number of hydrogen-bond acceptors (Lipinski definition) is 4. The summed E-state index contributed by atoms with van der Waals surface area (Å²) in [5.41, 5.74) is 1.62. The van der Waals surface area contributed by atoms with Gasteiger partial charge >= 0.3 is 0 Å². The van der Waals surface area contributed by atoms with Crippen LogP contribution in [0.2, 0.25) is 0 Å². The first-order valence-corrected chi connectivity index (χ1v) is 10.0. The maximum absolute atomic E-state index is 13.4. The number of hydrogen-bond donors (Lipinski definition) is 0. The number of likely N-dealkylation sites (tertiary alicyclic amines) is 1. The van der Waals surface area contributed by atoms with E-state index in [1.165, 1.54) is 0 Å². The third-order valence-corrected chi connectivity index (χ3v) is 5.81. The zero-order chi connectivity index (χ0) is 20.2. The van der Waals surface area contributed by atoms with Gasteiger partial charge < -0.3 is 19.3 Å². The molecular weight excluding hydrogens is 368 g/mol. The van der Waals surface area contributed by atoms with E-state index in [1.807, 2.05) is 59.5 Å². The highest BCUT2D eigenvalue weighted by Gasteiger charge is 2.43. The van der Waals surface area contributed by atoms with Crippen molar-refractivity contribution in [1.82, 2.24) is 9.80 Å². The lowest BCUT2D eigenvalue weighted by molar-refractivity contribution is -0.139. The molecule has 0 aromatic heterocycles. The number of rotatable bonds is 4. The fourth-order valence-electron chi connectivity index (χ4n) is 4.29. The number of carbonyl (C=O) groups is 2. The number of nitrogens with zero attached hydrogens (tertiary/aromatic N) is 2. The number of para-hydroxylation sites is 1. The zero-order valence-corrected chi connectivity index (χ0v) is 16.6. The largest absolute Gasteiger partial charge is 0.496 e. The van der Waals surface area contributed by atoms with Crippen LogP contribution in [0.25, 0.3) is 0 Å². The first kappa shape index (κ1) is 19.5. The Kier molecular flexibility index (Phi) is 5.81. The topological polar surface area (TPSA) is 59.1 Å². The van der Waals surface area contributed by atoms with Crippen LogP contribution in [0.3, 0.4) is 0 Å². The maximum atomic E-state index is 13.4. The van der Waals surface area contributed by atoms with Gasteiger partial charge in [-0.1, -0.05) is 36.4 Å². The lowest BCUT2D eigenvalue weighted by Crippen LogP contribution is -2.45. The van der Waals surface area contributed by atoms with E-state index in [0.29, 0.717) is 45.0 Å². The Morgan fingerprint density at radius 2 is 1.62 bits per heavy atom. The monoisotopic (exact) mass is 394 g/mol. The predicted octanol–water partition coefficient (Wildman–Crippen LogP) is 2.41. The Balaban J connectivity index is 1.64. The van der Waals surface area contributed by atoms with Gasteiger partial charge in [-0.25, -0.2) is 0 Å². The molecule has 0 radical (unpaired) electrons. The summed E-state index contributed by atoms with van der Waals surface area (Å²) in [5.74, 6) is 0.410. The lowest BCUT2D eigenvalue weighted by atomic mass is 9.87. The van der Waals surface area contributed by atoms with E-state index < -0.39 is 0 Å². The first-order valence-electron chi connectivity index (χ1n) is 10.0. The average molecular weight is 394 g/mol. The quantitative estimate of drug-likeness (QED) is 0.799. The second-order valence-electron chi connectivity index (χ2n) is 7.47. The molecule has 0 spiro atoms. The molecule has 6 heteroatoms. The van der Waals surface area contributed by atoms with Gasteiger partial charge in [0.25, 0.3) is 5.91 Å². The number of amides is 2. The molecule has 2 aromatic carbocycles. The van der Waals surface area contributed by atoms with Crippen molar-refractivity contribution < 1.29 is 19.1 Å². The molecule has 2 aromatic rings. The number of carbonyl (C=O) groups excluding carboxylic acids is 2. The molecule has 2 aliphatic rings. The van der Waals surface area contributed by atoms with Crippen LogP contribution in [0, 0.1) is 5.92 Å². The molecule has 2 aliphatic heterocycles. The Hall–Kier alpha value is -2.86. The molecule has 2 atom stereocenters. The van der Waals surface area contributed by atoms with Crippen LogP contribution < -0.4 is 4.74 Å². The minimum atomic E-state index is -0.294. The Morgan fingerprint density at radius 1 is 0.931 bits per heavy atom. The Morgan fingerprint density at radius 3 is 2.34 bits per heavy atom. The van der Waals surface area contributed by atoms with Gasteiger partial charge in [-0.05, 0) is 23.8 Å². The van der Waals surface area contributed by atoms with E-state index in [-0.39, 0.29) is 23.7 Å². The molecule has 2 saturated heterocycles. The summed E-state index contributed by atoms with van der Waals surface area (Å²) in [6.07, 6.45) is 0. The summed E-state index contributed by atoms with van der Waals surface area (Å²) >= 11 is 0. The van der Waals surface area contributed by atoms with Crippen LogP contribution in [-0.4, -0.2) is 68.1 Å². The van der Waals surface area contributed by atoms with E-state index in [0.717, 1.165) is 11.3 Å². The van der Waals surface area contributed by atoms with Crippen LogP contribution in [0.15, 0.2) is 54.6 Å². The molecule has 0 bridgehead atoms. The molecule has 2 heterocycles. The third-order valence-electron chi connectivity index (χ3n) is 5.81. The first-order chi connectivity index (χ1) is 14.2. The molecule has 0 saturated carbocycles. The summed E-state index contributed by atoms with van der Waals surface area (Å²) in [5, 5.41) is 0. The number of ether oxygens (including phenoxy) is 2. The second kappa shape index (κ2) is 8.66. The normalized spacial score (nSPS) is 21.8. The molecule has 6 nitrogen and oxygen atoms in total. The van der Waals surface area contributed by atoms with Gasteiger partial charge in [-0.2, -0.15) is 0 Å². The molecule has 4 rings (SSSR count). The van der Waals surface area contributed by atoms with Crippen LogP contribution in [-0.2, 0) is 9.53 Å². The average Bonchev–Trinajstić information content (AvgIpc) is 3.24. The van der Waals surface area contributed by atoms with Gasteiger partial charge in [0.15, 0.2) is 0 Å². The summed E-state index contributed by atoms with van der Waals surface area (Å²) < 4.78 is 11.0. The Labute approximate surface area is 171 Å². The molecule has 2 amide bonds. The highest BCUT2D eigenvalue weighted by Crippen LogP contribution is 2.39. The van der Waals surface area contributed by atoms with E-state index >= 15 is 0 Å². The summed E-state index contributed by atoms with van der Waals surface area (Å²) in [6, 6.07) is 17.0. The highest BCUT2D eigenvalue weighted by molar-refractivity contribution is 5.95. The molecule has 2 fully saturated rings. The van der Waals surface area contributed by atoms with Gasteiger partial charge in [0.05, 0.1) is 26.2 Å². The van der Waals surface area contributed by atoms with Crippen LogP contribution in [0.4, 0.5) is 0 Å². The van der Waals surface area contributed by atoms with E-state index in [1.54, 1.807) is 12.0 Å². The summed E-state index contributed by atoms with van der Waals surface area (Å²) in [6.45, 7) is 3.22. The van der Waals surface area contributed by atoms with Crippen molar-refractivity contribution in [3.63, 3.8) is 0 Å². The molecule has 0 N–H and O–H groups in total. The van der Waals surface area contributed by atoms with Crippen LogP contribution >= 0.6 is 0 Å². The zero-order valence-electron chi connectivity index (χ0n) is 16.6. The highest BCUT2D eigenvalue weighted by atomic mass is 16.5. The smallest absolute Gasteiger partial charge is 0.253 e. The van der Waals surface area contributed by atoms with Crippen molar-refractivity contribution in [2.45, 2.75) is 5.92 Å². The van der Waals surface area contributed by atoms with Crippen molar-refractivity contribution in [2.75, 3.05) is 46.5 Å². The molecule has 152 valence electrons. The minimum Gasteiger partial charge on any atom is -0.496 e. The van der Waals surface area contributed by atoms with Crippen LogP contribution in [0.1, 0.15) is 21.8 Å². The van der Waals surface area contributed by atoms with Gasteiger partial charge in [0, 0.05) is 37.7 Å². The number of morpholine rings is 1. The van der Waals surface area contributed by atoms with Crippen molar-refractivity contribution >= 4 is 11.8 Å². The van der Waals surface area contributed by atoms with Gasteiger partial charge in [0.2, 0.25) is 5.91 Å². The van der Waals surface area contributed by atoms with E-state index in [9.17, 15) is 9.59 Å². The number of methoxy groups -OCH3 is 1. The van der Waals surface area contributed by atoms with Crippen LogP contribution in [0.5, 0.6) is 5.75 Å². The minimum absolute atomic E-state index is 0.0391.